The molecule has 1 rings (SSSR count). The molecule has 0 amide bonds. The largest absolute Gasteiger partial charge is 0.504 e. The minimum Gasteiger partial charge on any atom is -0.504 e. The summed E-state index contributed by atoms with van der Waals surface area (Å²) in [6.07, 6.45) is 2.92. The number of carbonyl (C=O) groups is 1. The number of hydrogen-bond acceptors (Lipinski definition) is 3. The minimum atomic E-state index is -0.0924. The molecular formula is C11H10Br2O3. The molecule has 0 aliphatic carbocycles. The van der Waals surface area contributed by atoms with E-state index in [2.05, 4.69) is 31.9 Å². The molecule has 1 N–H and O–H groups in total. The van der Waals surface area contributed by atoms with Gasteiger partial charge in [-0.05, 0) is 57.0 Å². The Kier molecular flexibility index (Phi) is 4.56. The van der Waals surface area contributed by atoms with Gasteiger partial charge in [-0.3, -0.25) is 4.79 Å². The lowest BCUT2D eigenvalue weighted by Gasteiger charge is -2.09. The zero-order valence-electron chi connectivity index (χ0n) is 8.75. The van der Waals surface area contributed by atoms with Gasteiger partial charge in [0.2, 0.25) is 0 Å². The van der Waals surface area contributed by atoms with Crippen LogP contribution in [0.1, 0.15) is 12.5 Å². The van der Waals surface area contributed by atoms with Gasteiger partial charge in [0.1, 0.15) is 0 Å². The lowest BCUT2D eigenvalue weighted by atomic mass is 10.1. The van der Waals surface area contributed by atoms with Crippen LogP contribution in [0, 0.1) is 0 Å². The van der Waals surface area contributed by atoms with Crippen molar-refractivity contribution in [2.24, 2.45) is 0 Å². The monoisotopic (exact) mass is 348 g/mol. The van der Waals surface area contributed by atoms with Crippen LogP contribution >= 0.6 is 31.9 Å². The number of hydrogen-bond donors (Lipinski definition) is 1. The average Bonchev–Trinajstić information content (AvgIpc) is 2.23. The molecule has 0 radical (unpaired) electrons. The number of ether oxygens (including phenoxy) is 1. The number of rotatable bonds is 3. The number of phenolic OH excluding ortho intramolecular Hbond substituents is 1. The number of ketones is 1. The average molecular weight is 350 g/mol. The lowest BCUT2D eigenvalue weighted by molar-refractivity contribution is -0.112. The van der Waals surface area contributed by atoms with Gasteiger partial charge in [-0.25, -0.2) is 0 Å². The van der Waals surface area contributed by atoms with Gasteiger partial charge in [0.05, 0.1) is 7.11 Å². The fourth-order valence-corrected chi connectivity index (χ4v) is 1.98. The van der Waals surface area contributed by atoms with Crippen LogP contribution in [0.3, 0.4) is 0 Å². The SMILES string of the molecule is COc1cc(Br)c(Br)c(/C=C/C(C)=O)c1O. The predicted molar refractivity (Wildman–Crippen MR) is 69.8 cm³/mol. The van der Waals surface area contributed by atoms with Crippen molar-refractivity contribution in [2.45, 2.75) is 6.92 Å². The van der Waals surface area contributed by atoms with Crippen molar-refractivity contribution in [1.82, 2.24) is 0 Å². The zero-order chi connectivity index (χ0) is 12.3. The van der Waals surface area contributed by atoms with Crippen molar-refractivity contribution < 1.29 is 14.6 Å². The van der Waals surface area contributed by atoms with Crippen molar-refractivity contribution in [1.29, 1.82) is 0 Å². The van der Waals surface area contributed by atoms with E-state index in [4.69, 9.17) is 4.74 Å². The van der Waals surface area contributed by atoms with Gasteiger partial charge >= 0.3 is 0 Å². The highest BCUT2D eigenvalue weighted by atomic mass is 79.9. The third-order valence-electron chi connectivity index (χ3n) is 1.90. The van der Waals surface area contributed by atoms with E-state index < -0.39 is 0 Å². The second-order valence-electron chi connectivity index (χ2n) is 3.08. The Morgan fingerprint density at radius 2 is 2.12 bits per heavy atom. The van der Waals surface area contributed by atoms with Crippen LogP contribution in [0.2, 0.25) is 0 Å². The first-order valence-electron chi connectivity index (χ1n) is 4.41. The van der Waals surface area contributed by atoms with Crippen molar-refractivity contribution >= 4 is 43.7 Å². The first kappa shape index (κ1) is 13.3. The topological polar surface area (TPSA) is 46.5 Å². The standard InChI is InChI=1S/C11H10Br2O3/c1-6(14)3-4-7-10(13)8(12)5-9(16-2)11(7)15/h3-5,15H,1-2H3/b4-3+. The quantitative estimate of drug-likeness (QED) is 0.849. The number of benzene rings is 1. The highest BCUT2D eigenvalue weighted by molar-refractivity contribution is 9.13. The molecule has 16 heavy (non-hydrogen) atoms. The molecule has 0 fully saturated rings. The Morgan fingerprint density at radius 3 is 2.62 bits per heavy atom. The normalized spacial score (nSPS) is 10.8. The number of phenols is 1. The van der Waals surface area contributed by atoms with E-state index in [1.807, 2.05) is 0 Å². The van der Waals surface area contributed by atoms with E-state index in [1.165, 1.54) is 26.2 Å². The van der Waals surface area contributed by atoms with Gasteiger partial charge in [-0.1, -0.05) is 0 Å². The third-order valence-corrected chi connectivity index (χ3v) is 3.91. The number of allylic oxidation sites excluding steroid dienone is 1. The summed E-state index contributed by atoms with van der Waals surface area (Å²) in [6.45, 7) is 1.44. The van der Waals surface area contributed by atoms with Crippen LogP contribution in [-0.2, 0) is 4.79 Å². The Hall–Kier alpha value is -0.810. The number of aromatic hydroxyl groups is 1. The van der Waals surface area contributed by atoms with Gasteiger partial charge in [-0.15, -0.1) is 0 Å². The molecule has 0 saturated heterocycles. The fraction of sp³-hybridized carbons (Fsp3) is 0.182. The molecule has 0 bridgehead atoms. The lowest BCUT2D eigenvalue weighted by Crippen LogP contribution is -1.89. The summed E-state index contributed by atoms with van der Waals surface area (Å²) < 4.78 is 6.42. The van der Waals surface area contributed by atoms with Gasteiger partial charge < -0.3 is 9.84 Å². The van der Waals surface area contributed by atoms with Gasteiger partial charge in [0, 0.05) is 14.5 Å². The minimum absolute atomic E-state index is 0.00456. The summed E-state index contributed by atoms with van der Waals surface area (Å²) in [4.78, 5) is 10.9. The maximum atomic E-state index is 10.9. The van der Waals surface area contributed by atoms with Gasteiger partial charge in [0.25, 0.3) is 0 Å². The number of methoxy groups -OCH3 is 1. The van der Waals surface area contributed by atoms with E-state index in [0.717, 1.165) is 4.47 Å². The molecule has 0 unspecified atom stereocenters. The highest BCUT2D eigenvalue weighted by Gasteiger charge is 2.13. The third kappa shape index (κ3) is 2.86. The van der Waals surface area contributed by atoms with E-state index in [-0.39, 0.29) is 11.5 Å². The second kappa shape index (κ2) is 5.50. The Balaban J connectivity index is 3.35. The fourth-order valence-electron chi connectivity index (χ4n) is 1.12. The molecular weight excluding hydrogens is 340 g/mol. The first-order valence-corrected chi connectivity index (χ1v) is 5.99. The molecule has 0 atom stereocenters. The summed E-state index contributed by atoms with van der Waals surface area (Å²) in [6, 6.07) is 1.64. The van der Waals surface area contributed by atoms with E-state index in [1.54, 1.807) is 6.07 Å². The van der Waals surface area contributed by atoms with Crippen molar-refractivity contribution in [3.63, 3.8) is 0 Å². The summed E-state index contributed by atoms with van der Waals surface area (Å²) in [5.74, 6) is 0.249. The molecule has 0 saturated carbocycles. The van der Waals surface area contributed by atoms with E-state index >= 15 is 0 Å². The van der Waals surface area contributed by atoms with Crippen LogP contribution in [-0.4, -0.2) is 18.0 Å². The summed E-state index contributed by atoms with van der Waals surface area (Å²) in [5.41, 5.74) is 0.501. The first-order chi connectivity index (χ1) is 7.47. The Bertz CT molecular complexity index is 453. The maximum Gasteiger partial charge on any atom is 0.166 e. The van der Waals surface area contributed by atoms with Crippen molar-refractivity contribution in [3.8, 4) is 11.5 Å². The molecule has 1 aromatic rings. The molecule has 0 heterocycles. The maximum absolute atomic E-state index is 10.9. The van der Waals surface area contributed by atoms with Gasteiger partial charge in [-0.2, -0.15) is 0 Å². The van der Waals surface area contributed by atoms with Crippen LogP contribution in [0.5, 0.6) is 11.5 Å². The van der Waals surface area contributed by atoms with Crippen molar-refractivity contribution in [2.75, 3.05) is 7.11 Å². The van der Waals surface area contributed by atoms with E-state index in [9.17, 15) is 9.90 Å². The zero-order valence-corrected chi connectivity index (χ0v) is 11.9. The highest BCUT2D eigenvalue weighted by Crippen LogP contribution is 2.41. The summed E-state index contributed by atoms with van der Waals surface area (Å²) >= 11 is 6.64. The number of halogens is 2. The molecule has 0 aliphatic heterocycles. The van der Waals surface area contributed by atoms with E-state index in [0.29, 0.717) is 15.8 Å². The molecule has 3 nitrogen and oxygen atoms in total. The molecule has 0 spiro atoms. The van der Waals surface area contributed by atoms with Gasteiger partial charge in [0.15, 0.2) is 17.3 Å². The smallest absolute Gasteiger partial charge is 0.166 e. The molecule has 86 valence electrons. The van der Waals surface area contributed by atoms with Crippen LogP contribution in [0.15, 0.2) is 21.1 Å². The van der Waals surface area contributed by atoms with Crippen LogP contribution < -0.4 is 4.74 Å². The summed E-state index contributed by atoms with van der Waals surface area (Å²) in [5, 5.41) is 9.87. The second-order valence-corrected chi connectivity index (χ2v) is 4.73. The Labute approximate surface area is 110 Å². The molecule has 5 heteroatoms. The van der Waals surface area contributed by atoms with Crippen molar-refractivity contribution in [3.05, 3.63) is 26.7 Å². The summed E-state index contributed by atoms with van der Waals surface area (Å²) in [7, 11) is 1.47. The van der Waals surface area contributed by atoms with Crippen LogP contribution in [0.25, 0.3) is 6.08 Å². The Morgan fingerprint density at radius 1 is 1.50 bits per heavy atom. The molecule has 0 aliphatic rings. The molecule has 0 aromatic heterocycles. The number of carbonyl (C=O) groups excluding carboxylic acids is 1. The predicted octanol–water partition coefficient (Wildman–Crippen LogP) is 3.53. The molecule has 1 aromatic carbocycles. The van der Waals surface area contributed by atoms with Crippen LogP contribution in [0.4, 0.5) is 0 Å².